The van der Waals surface area contributed by atoms with Crippen LogP contribution in [-0.4, -0.2) is 50.3 Å². The summed E-state index contributed by atoms with van der Waals surface area (Å²) in [5.74, 6) is 1.40. The molecule has 21 heavy (non-hydrogen) atoms. The maximum Gasteiger partial charge on any atom is 0.223 e. The summed E-state index contributed by atoms with van der Waals surface area (Å²) in [5.41, 5.74) is 0.644. The van der Waals surface area contributed by atoms with Crippen molar-refractivity contribution in [3.63, 3.8) is 0 Å². The van der Waals surface area contributed by atoms with E-state index in [9.17, 15) is 4.79 Å². The Kier molecular flexibility index (Phi) is 2.94. The molecule has 0 atom stereocenters. The second-order valence-electron chi connectivity index (χ2n) is 5.76. The van der Waals surface area contributed by atoms with Gasteiger partial charge in [0.25, 0.3) is 0 Å². The van der Waals surface area contributed by atoms with Crippen LogP contribution in [0.2, 0.25) is 0 Å². The first kappa shape index (κ1) is 12.5. The molecule has 110 valence electrons. The largest absolute Gasteiger partial charge is 0.355 e. The lowest BCUT2D eigenvalue weighted by atomic mass is 10.0. The van der Waals surface area contributed by atoms with Gasteiger partial charge in [-0.3, -0.25) is 4.79 Å². The van der Waals surface area contributed by atoms with Crippen molar-refractivity contribution in [3.8, 4) is 0 Å². The zero-order valence-corrected chi connectivity index (χ0v) is 11.6. The molecule has 0 spiro atoms. The molecule has 1 aliphatic heterocycles. The maximum absolute atomic E-state index is 11.8. The van der Waals surface area contributed by atoms with Crippen LogP contribution in [-0.2, 0) is 4.79 Å². The van der Waals surface area contributed by atoms with Crippen LogP contribution in [0, 0.1) is 5.92 Å². The van der Waals surface area contributed by atoms with E-state index in [0.29, 0.717) is 11.7 Å². The van der Waals surface area contributed by atoms with Gasteiger partial charge in [-0.1, -0.05) is 0 Å². The number of amides is 1. The number of fused-ring (bicyclic) bond motifs is 1. The molecule has 2 fully saturated rings. The van der Waals surface area contributed by atoms with E-state index in [1.165, 1.54) is 4.63 Å². The molecule has 2 aromatic rings. The molecule has 1 amide bonds. The van der Waals surface area contributed by atoms with E-state index in [4.69, 9.17) is 0 Å². The molecule has 1 aliphatic carbocycles. The highest BCUT2D eigenvalue weighted by Gasteiger charge is 2.31. The zero-order chi connectivity index (χ0) is 14.2. The molecule has 8 nitrogen and oxygen atoms in total. The lowest BCUT2D eigenvalue weighted by Gasteiger charge is -2.32. The van der Waals surface area contributed by atoms with Gasteiger partial charge in [0.2, 0.25) is 5.91 Å². The number of tetrazole rings is 1. The van der Waals surface area contributed by atoms with Gasteiger partial charge >= 0.3 is 0 Å². The SMILES string of the molecule is O=C(NC1CCN(c2ccc3nnnn3n2)CC1)C1CC1. The first-order valence-corrected chi connectivity index (χ1v) is 7.40. The van der Waals surface area contributed by atoms with Crippen LogP contribution in [0.4, 0.5) is 5.82 Å². The van der Waals surface area contributed by atoms with Crippen molar-refractivity contribution in [1.29, 1.82) is 0 Å². The first-order valence-electron chi connectivity index (χ1n) is 7.40. The number of hydrogen-bond donors (Lipinski definition) is 1. The average molecular weight is 287 g/mol. The Bertz CT molecular complexity index is 657. The van der Waals surface area contributed by atoms with Gasteiger partial charge in [0.1, 0.15) is 0 Å². The molecule has 0 aromatic carbocycles. The van der Waals surface area contributed by atoms with Crippen LogP contribution in [0.25, 0.3) is 5.65 Å². The van der Waals surface area contributed by atoms with Crippen molar-refractivity contribution < 1.29 is 4.79 Å². The van der Waals surface area contributed by atoms with Crippen molar-refractivity contribution in [2.45, 2.75) is 31.7 Å². The van der Waals surface area contributed by atoms with Crippen LogP contribution in [0.3, 0.4) is 0 Å². The van der Waals surface area contributed by atoms with E-state index in [0.717, 1.165) is 44.6 Å². The number of anilines is 1. The molecule has 1 N–H and O–H groups in total. The van der Waals surface area contributed by atoms with Crippen molar-refractivity contribution in [3.05, 3.63) is 12.1 Å². The molecule has 1 saturated heterocycles. The van der Waals surface area contributed by atoms with Crippen LogP contribution in [0.1, 0.15) is 25.7 Å². The standard InChI is InChI=1S/C13H17N7O/c21-13(9-1-2-9)14-10-5-7-19(8-6-10)12-4-3-11-15-17-18-20(11)16-12/h3-4,9-10H,1-2,5-8H2,(H,14,21). The van der Waals surface area contributed by atoms with Gasteiger partial charge in [0.05, 0.1) is 0 Å². The summed E-state index contributed by atoms with van der Waals surface area (Å²) in [7, 11) is 0. The summed E-state index contributed by atoms with van der Waals surface area (Å²) in [5, 5.41) is 18.8. The molecular weight excluding hydrogens is 270 g/mol. The van der Waals surface area contributed by atoms with Gasteiger partial charge in [0, 0.05) is 25.0 Å². The van der Waals surface area contributed by atoms with Crippen LogP contribution < -0.4 is 10.2 Å². The highest BCUT2D eigenvalue weighted by molar-refractivity contribution is 5.81. The lowest BCUT2D eigenvalue weighted by Crippen LogP contribution is -2.45. The van der Waals surface area contributed by atoms with Gasteiger partial charge in [-0.15, -0.1) is 14.8 Å². The van der Waals surface area contributed by atoms with Crippen molar-refractivity contribution in [1.82, 2.24) is 30.6 Å². The average Bonchev–Trinajstić information content (AvgIpc) is 3.26. The molecule has 8 heteroatoms. The molecule has 1 saturated carbocycles. The highest BCUT2D eigenvalue weighted by Crippen LogP contribution is 2.29. The second-order valence-corrected chi connectivity index (χ2v) is 5.76. The summed E-state index contributed by atoms with van der Waals surface area (Å²) in [6, 6.07) is 4.10. The van der Waals surface area contributed by atoms with Gasteiger partial charge in [-0.25, -0.2) is 0 Å². The van der Waals surface area contributed by atoms with E-state index < -0.39 is 0 Å². The summed E-state index contributed by atoms with van der Waals surface area (Å²) >= 11 is 0. The van der Waals surface area contributed by atoms with Gasteiger partial charge in [0.15, 0.2) is 11.5 Å². The Labute approximate surface area is 121 Å². The molecule has 0 unspecified atom stereocenters. The fraction of sp³-hybridized carbons (Fsp3) is 0.615. The Morgan fingerprint density at radius 3 is 2.76 bits per heavy atom. The van der Waals surface area contributed by atoms with Gasteiger partial charge < -0.3 is 10.2 Å². The molecule has 4 rings (SSSR count). The topological polar surface area (TPSA) is 88.3 Å². The number of piperidine rings is 1. The van der Waals surface area contributed by atoms with Crippen molar-refractivity contribution in [2.75, 3.05) is 18.0 Å². The lowest BCUT2D eigenvalue weighted by molar-refractivity contribution is -0.123. The van der Waals surface area contributed by atoms with Crippen LogP contribution in [0.15, 0.2) is 12.1 Å². The van der Waals surface area contributed by atoms with E-state index in [1.54, 1.807) is 0 Å². The minimum atomic E-state index is 0.238. The Morgan fingerprint density at radius 2 is 2.00 bits per heavy atom. The third-order valence-corrected chi connectivity index (χ3v) is 4.17. The van der Waals surface area contributed by atoms with Crippen LogP contribution >= 0.6 is 0 Å². The van der Waals surface area contributed by atoms with Crippen molar-refractivity contribution in [2.24, 2.45) is 5.92 Å². The monoisotopic (exact) mass is 287 g/mol. The highest BCUT2D eigenvalue weighted by atomic mass is 16.2. The predicted octanol–water partition coefficient (Wildman–Crippen LogP) is 0.0143. The fourth-order valence-electron chi connectivity index (χ4n) is 2.73. The quantitative estimate of drug-likeness (QED) is 0.856. The number of aromatic nitrogens is 5. The summed E-state index contributed by atoms with van der Waals surface area (Å²) in [6.45, 7) is 1.77. The van der Waals surface area contributed by atoms with E-state index in [1.807, 2.05) is 12.1 Å². The fourth-order valence-corrected chi connectivity index (χ4v) is 2.73. The Morgan fingerprint density at radius 1 is 1.19 bits per heavy atom. The zero-order valence-electron chi connectivity index (χ0n) is 11.6. The smallest absolute Gasteiger partial charge is 0.223 e. The van der Waals surface area contributed by atoms with E-state index >= 15 is 0 Å². The maximum atomic E-state index is 11.8. The third kappa shape index (κ3) is 2.53. The number of rotatable bonds is 3. The minimum Gasteiger partial charge on any atom is -0.355 e. The molecule has 3 heterocycles. The number of nitrogens with one attached hydrogen (secondary N) is 1. The molecule has 0 radical (unpaired) electrons. The summed E-state index contributed by atoms with van der Waals surface area (Å²) < 4.78 is 1.44. The van der Waals surface area contributed by atoms with Crippen molar-refractivity contribution >= 4 is 17.4 Å². The first-order chi connectivity index (χ1) is 10.3. The number of hydrogen-bond acceptors (Lipinski definition) is 6. The summed E-state index contributed by atoms with van der Waals surface area (Å²) in [6.07, 6.45) is 4.02. The Hall–Kier alpha value is -2.25. The third-order valence-electron chi connectivity index (χ3n) is 4.17. The van der Waals surface area contributed by atoms with E-state index in [2.05, 4.69) is 30.8 Å². The number of carbonyl (C=O) groups is 1. The normalized spacial score (nSPS) is 19.9. The molecular formula is C13H17N7O. The summed E-state index contributed by atoms with van der Waals surface area (Å²) in [4.78, 5) is 14.0. The molecule has 0 bridgehead atoms. The number of nitrogens with zero attached hydrogens (tertiary/aromatic N) is 6. The van der Waals surface area contributed by atoms with Gasteiger partial charge in [-0.05, 0) is 48.2 Å². The predicted molar refractivity (Wildman–Crippen MR) is 74.7 cm³/mol. The van der Waals surface area contributed by atoms with Gasteiger partial charge in [-0.2, -0.15) is 0 Å². The molecule has 2 aromatic heterocycles. The van der Waals surface area contributed by atoms with Crippen LogP contribution in [0.5, 0.6) is 0 Å². The van der Waals surface area contributed by atoms with E-state index in [-0.39, 0.29) is 11.8 Å². The molecule has 2 aliphatic rings. The minimum absolute atomic E-state index is 0.238. The second kappa shape index (κ2) is 4.94. The number of carbonyl (C=O) groups excluding carboxylic acids is 1. The Balaban J connectivity index is 1.38.